The van der Waals surface area contributed by atoms with Crippen LogP contribution in [0.1, 0.15) is 49.5 Å². The van der Waals surface area contributed by atoms with Crippen molar-refractivity contribution in [1.82, 2.24) is 4.90 Å². The van der Waals surface area contributed by atoms with Crippen molar-refractivity contribution >= 4 is 5.91 Å². The van der Waals surface area contributed by atoms with Gasteiger partial charge in [-0.05, 0) is 38.5 Å². The zero-order chi connectivity index (χ0) is 15.8. The Labute approximate surface area is 125 Å². The van der Waals surface area contributed by atoms with Gasteiger partial charge in [0.1, 0.15) is 5.82 Å². The lowest BCUT2D eigenvalue weighted by molar-refractivity contribution is 0.0705. The van der Waals surface area contributed by atoms with Crippen LogP contribution in [-0.2, 0) is 0 Å². The third kappa shape index (κ3) is 4.87. The topological polar surface area (TPSA) is 40.5 Å². The number of rotatable bonds is 5. The van der Waals surface area contributed by atoms with Crippen LogP contribution in [0.15, 0.2) is 18.2 Å². The van der Waals surface area contributed by atoms with E-state index in [1.807, 2.05) is 20.8 Å². The molecule has 0 bridgehead atoms. The highest BCUT2D eigenvalue weighted by atomic mass is 19.1. The van der Waals surface area contributed by atoms with Gasteiger partial charge in [-0.1, -0.05) is 18.8 Å². The molecule has 0 saturated heterocycles. The summed E-state index contributed by atoms with van der Waals surface area (Å²) in [6.07, 6.45) is 1.16. The van der Waals surface area contributed by atoms with Crippen molar-refractivity contribution in [2.24, 2.45) is 0 Å². The maximum atomic E-state index is 13.4. The van der Waals surface area contributed by atoms with Crippen molar-refractivity contribution in [3.05, 3.63) is 35.1 Å². The molecule has 1 N–H and O–H groups in total. The molecule has 0 aromatic heterocycles. The minimum atomic E-state index is -0.425. The Kier molecular flexibility index (Phi) is 6.90. The summed E-state index contributed by atoms with van der Waals surface area (Å²) < 4.78 is 13.4. The molecule has 0 fully saturated rings. The summed E-state index contributed by atoms with van der Waals surface area (Å²) in [4.78, 5) is 14.4. The van der Waals surface area contributed by atoms with Crippen LogP contribution in [0.5, 0.6) is 0 Å². The number of carbonyl (C=O) groups excluding carboxylic acids is 1. The van der Waals surface area contributed by atoms with Crippen LogP contribution in [0.4, 0.5) is 4.39 Å². The fourth-order valence-corrected chi connectivity index (χ4v) is 2.01. The number of hydrogen-bond donors (Lipinski definition) is 1. The predicted molar refractivity (Wildman–Crippen MR) is 81.4 cm³/mol. The van der Waals surface area contributed by atoms with Gasteiger partial charge in [0, 0.05) is 24.6 Å². The lowest BCUT2D eigenvalue weighted by Gasteiger charge is -2.26. The number of carbonyl (C=O) groups is 1. The average Bonchev–Trinajstić information content (AvgIpc) is 2.44. The smallest absolute Gasteiger partial charge is 0.255 e. The first kappa shape index (κ1) is 17.2. The summed E-state index contributed by atoms with van der Waals surface area (Å²) in [6.45, 7) is 6.51. The Morgan fingerprint density at radius 1 is 1.43 bits per heavy atom. The average molecular weight is 291 g/mol. The van der Waals surface area contributed by atoms with Crippen molar-refractivity contribution in [2.75, 3.05) is 13.2 Å². The van der Waals surface area contributed by atoms with Crippen molar-refractivity contribution in [3.8, 4) is 11.8 Å². The van der Waals surface area contributed by atoms with Crippen LogP contribution in [0, 0.1) is 17.7 Å². The molecule has 1 aromatic carbocycles. The van der Waals surface area contributed by atoms with Crippen LogP contribution < -0.4 is 0 Å². The second-order valence-electron chi connectivity index (χ2n) is 5.06. The third-order valence-electron chi connectivity index (χ3n) is 3.02. The molecule has 3 nitrogen and oxygen atoms in total. The first-order valence-electron chi connectivity index (χ1n) is 7.21. The molecule has 114 valence electrons. The van der Waals surface area contributed by atoms with E-state index >= 15 is 0 Å². The molecule has 0 aliphatic rings. The van der Waals surface area contributed by atoms with Gasteiger partial charge in [-0.15, -0.1) is 0 Å². The Hall–Kier alpha value is -1.86. The number of aliphatic hydroxyl groups excluding tert-OH is 1. The monoisotopic (exact) mass is 291 g/mol. The lowest BCUT2D eigenvalue weighted by Crippen LogP contribution is -2.37. The Morgan fingerprint density at radius 2 is 2.14 bits per heavy atom. The van der Waals surface area contributed by atoms with Crippen LogP contribution in [-0.4, -0.2) is 35.1 Å². The normalized spacial score (nSPS) is 10.2. The van der Waals surface area contributed by atoms with Crippen molar-refractivity contribution in [3.63, 3.8) is 0 Å². The molecule has 21 heavy (non-hydrogen) atoms. The number of benzene rings is 1. The SMILES string of the molecule is CCCN(C(=O)c1ccc(F)cc1C#CCCO)C(C)C. The maximum absolute atomic E-state index is 13.4. The van der Waals surface area contributed by atoms with Crippen molar-refractivity contribution < 1.29 is 14.3 Å². The fraction of sp³-hybridized carbons (Fsp3) is 0.471. The van der Waals surface area contributed by atoms with E-state index in [2.05, 4.69) is 11.8 Å². The molecule has 0 aliphatic heterocycles. The van der Waals surface area contributed by atoms with Gasteiger partial charge in [0.25, 0.3) is 5.91 Å². The minimum Gasteiger partial charge on any atom is -0.395 e. The van der Waals surface area contributed by atoms with Gasteiger partial charge in [-0.2, -0.15) is 0 Å². The van der Waals surface area contributed by atoms with Gasteiger partial charge in [0.2, 0.25) is 0 Å². The molecule has 1 rings (SSSR count). The Morgan fingerprint density at radius 3 is 2.71 bits per heavy atom. The van der Waals surface area contributed by atoms with Crippen LogP contribution >= 0.6 is 0 Å². The summed E-state index contributed by atoms with van der Waals surface area (Å²) in [7, 11) is 0. The molecule has 1 aromatic rings. The number of amides is 1. The van der Waals surface area contributed by atoms with Crippen molar-refractivity contribution in [2.45, 2.75) is 39.7 Å². The van der Waals surface area contributed by atoms with E-state index in [-0.39, 0.29) is 18.6 Å². The van der Waals surface area contributed by atoms with Gasteiger partial charge < -0.3 is 10.0 Å². The van der Waals surface area contributed by atoms with Gasteiger partial charge >= 0.3 is 0 Å². The number of nitrogens with zero attached hydrogens (tertiary/aromatic N) is 1. The fourth-order valence-electron chi connectivity index (χ4n) is 2.01. The van der Waals surface area contributed by atoms with E-state index in [1.54, 1.807) is 4.90 Å². The second-order valence-corrected chi connectivity index (χ2v) is 5.06. The minimum absolute atomic E-state index is 0.0560. The third-order valence-corrected chi connectivity index (χ3v) is 3.02. The highest BCUT2D eigenvalue weighted by Crippen LogP contribution is 2.15. The van der Waals surface area contributed by atoms with Gasteiger partial charge in [0.15, 0.2) is 0 Å². The molecular weight excluding hydrogens is 269 g/mol. The highest BCUT2D eigenvalue weighted by Gasteiger charge is 2.20. The highest BCUT2D eigenvalue weighted by molar-refractivity contribution is 5.97. The van der Waals surface area contributed by atoms with Crippen LogP contribution in [0.2, 0.25) is 0 Å². The molecule has 0 saturated carbocycles. The molecule has 0 heterocycles. The largest absolute Gasteiger partial charge is 0.395 e. The van der Waals surface area contributed by atoms with E-state index in [1.165, 1.54) is 18.2 Å². The van der Waals surface area contributed by atoms with E-state index in [4.69, 9.17) is 5.11 Å². The van der Waals surface area contributed by atoms with Crippen LogP contribution in [0.25, 0.3) is 0 Å². The maximum Gasteiger partial charge on any atom is 0.255 e. The van der Waals surface area contributed by atoms with Gasteiger partial charge in [-0.3, -0.25) is 4.79 Å². The van der Waals surface area contributed by atoms with E-state index in [0.717, 1.165) is 6.42 Å². The quantitative estimate of drug-likeness (QED) is 0.847. The molecule has 0 aliphatic carbocycles. The zero-order valence-corrected chi connectivity index (χ0v) is 12.8. The Bertz CT molecular complexity index is 543. The summed E-state index contributed by atoms with van der Waals surface area (Å²) in [5.74, 6) is 4.95. The molecule has 1 amide bonds. The lowest BCUT2D eigenvalue weighted by atomic mass is 10.0. The van der Waals surface area contributed by atoms with Gasteiger partial charge in [-0.25, -0.2) is 4.39 Å². The van der Waals surface area contributed by atoms with Crippen molar-refractivity contribution in [1.29, 1.82) is 0 Å². The van der Waals surface area contributed by atoms with E-state index in [9.17, 15) is 9.18 Å². The summed E-state index contributed by atoms with van der Waals surface area (Å²) in [5.41, 5.74) is 0.777. The van der Waals surface area contributed by atoms with Gasteiger partial charge in [0.05, 0.1) is 12.2 Å². The molecule has 0 spiro atoms. The number of halogens is 1. The predicted octanol–water partition coefficient (Wildman–Crippen LogP) is 2.82. The molecule has 0 radical (unpaired) electrons. The summed E-state index contributed by atoms with van der Waals surface area (Å²) >= 11 is 0. The molecule has 0 atom stereocenters. The second kappa shape index (κ2) is 8.43. The molecular formula is C17H22FNO2. The Balaban J connectivity index is 3.16. The first-order valence-corrected chi connectivity index (χ1v) is 7.21. The molecule has 4 heteroatoms. The molecule has 0 unspecified atom stereocenters. The van der Waals surface area contributed by atoms with E-state index < -0.39 is 5.82 Å². The zero-order valence-electron chi connectivity index (χ0n) is 12.8. The number of aliphatic hydroxyl groups is 1. The summed E-state index contributed by atoms with van der Waals surface area (Å²) in [6, 6.07) is 4.09. The number of hydrogen-bond acceptors (Lipinski definition) is 2. The van der Waals surface area contributed by atoms with Crippen LogP contribution in [0.3, 0.4) is 0 Å². The standard InChI is InChI=1S/C17H22FNO2/c1-4-10-19(13(2)3)17(21)16-9-8-15(18)12-14(16)7-5-6-11-20/h8-9,12-13,20H,4,6,10-11H2,1-3H3. The van der Waals surface area contributed by atoms with E-state index in [0.29, 0.717) is 24.1 Å². The summed E-state index contributed by atoms with van der Waals surface area (Å²) in [5, 5.41) is 8.76. The first-order chi connectivity index (χ1) is 10.0.